The Morgan fingerprint density at radius 2 is 2.08 bits per heavy atom. The first-order valence-electron chi connectivity index (χ1n) is 9.11. The number of anilines is 1. The number of nitrogens with zero attached hydrogens (tertiary/aromatic N) is 1. The number of likely N-dealkylation sites (N-methyl/N-ethyl adjacent to an activating group) is 1. The van der Waals surface area contributed by atoms with Gasteiger partial charge in [0.1, 0.15) is 11.9 Å². The summed E-state index contributed by atoms with van der Waals surface area (Å²) in [6.07, 6.45) is 1.13. The van der Waals surface area contributed by atoms with Gasteiger partial charge < -0.3 is 15.0 Å². The highest BCUT2D eigenvalue weighted by Gasteiger charge is 2.24. The van der Waals surface area contributed by atoms with Crippen molar-refractivity contribution in [1.29, 1.82) is 0 Å². The molecule has 26 heavy (non-hydrogen) atoms. The summed E-state index contributed by atoms with van der Waals surface area (Å²) in [4.78, 5) is 14.2. The third kappa shape index (κ3) is 4.50. The molecule has 0 saturated carbocycles. The van der Waals surface area contributed by atoms with Crippen molar-refractivity contribution in [3.8, 4) is 5.75 Å². The van der Waals surface area contributed by atoms with Crippen LogP contribution in [-0.2, 0) is 4.79 Å². The van der Waals surface area contributed by atoms with E-state index in [9.17, 15) is 4.79 Å². The molecule has 2 aromatic rings. The van der Waals surface area contributed by atoms with Crippen LogP contribution in [0.15, 0.2) is 48.5 Å². The molecule has 1 amide bonds. The molecule has 1 saturated heterocycles. The van der Waals surface area contributed by atoms with Crippen LogP contribution in [0.25, 0.3) is 0 Å². The van der Waals surface area contributed by atoms with E-state index in [2.05, 4.69) is 16.3 Å². The fourth-order valence-electron chi connectivity index (χ4n) is 3.24. The molecule has 0 spiro atoms. The molecule has 4 nitrogen and oxygen atoms in total. The lowest BCUT2D eigenvalue weighted by atomic mass is 10.0. The van der Waals surface area contributed by atoms with Crippen LogP contribution in [0.1, 0.15) is 31.7 Å². The predicted molar refractivity (Wildman–Crippen MR) is 106 cm³/mol. The van der Waals surface area contributed by atoms with E-state index in [1.165, 1.54) is 0 Å². The number of nitrogens with one attached hydrogen (secondary N) is 1. The molecule has 1 N–H and O–H groups in total. The molecule has 1 fully saturated rings. The fourth-order valence-corrected chi connectivity index (χ4v) is 3.42. The largest absolute Gasteiger partial charge is 0.489 e. The lowest BCUT2D eigenvalue weighted by Crippen LogP contribution is -2.27. The standard InChI is InChI=1S/C21H25ClN2O2/c1-3-23-21(25)15(2)16-7-9-19(10-8-16)26-20-11-12-24(14-20)18-6-4-5-17(22)13-18/h4-10,13,15,20H,3,11-12,14H2,1-2H3,(H,23,25). The van der Waals surface area contributed by atoms with Gasteiger partial charge in [0.2, 0.25) is 5.91 Å². The Morgan fingerprint density at radius 3 is 2.77 bits per heavy atom. The Morgan fingerprint density at radius 1 is 1.31 bits per heavy atom. The first-order valence-corrected chi connectivity index (χ1v) is 9.49. The zero-order valence-electron chi connectivity index (χ0n) is 15.2. The van der Waals surface area contributed by atoms with Crippen molar-refractivity contribution in [1.82, 2.24) is 5.32 Å². The van der Waals surface area contributed by atoms with Crippen molar-refractivity contribution < 1.29 is 9.53 Å². The van der Waals surface area contributed by atoms with Crippen LogP contribution in [0.4, 0.5) is 5.69 Å². The highest BCUT2D eigenvalue weighted by Crippen LogP contribution is 2.26. The second-order valence-electron chi connectivity index (χ2n) is 6.64. The maximum atomic E-state index is 11.9. The van der Waals surface area contributed by atoms with E-state index in [0.29, 0.717) is 6.54 Å². The summed E-state index contributed by atoms with van der Waals surface area (Å²) in [5, 5.41) is 3.61. The molecule has 0 aliphatic carbocycles. The molecule has 2 aromatic carbocycles. The molecule has 1 aliphatic heterocycles. The number of hydrogen-bond donors (Lipinski definition) is 1. The van der Waals surface area contributed by atoms with Crippen molar-refractivity contribution in [2.75, 3.05) is 24.5 Å². The minimum Gasteiger partial charge on any atom is -0.489 e. The molecule has 2 atom stereocenters. The fraction of sp³-hybridized carbons (Fsp3) is 0.381. The van der Waals surface area contributed by atoms with Gasteiger partial charge in [0.15, 0.2) is 0 Å². The first-order chi connectivity index (χ1) is 12.6. The van der Waals surface area contributed by atoms with Crippen molar-refractivity contribution in [3.05, 3.63) is 59.1 Å². The van der Waals surface area contributed by atoms with E-state index in [1.54, 1.807) is 0 Å². The van der Waals surface area contributed by atoms with Crippen LogP contribution in [-0.4, -0.2) is 31.6 Å². The van der Waals surface area contributed by atoms with E-state index >= 15 is 0 Å². The van der Waals surface area contributed by atoms with Gasteiger partial charge in [0, 0.05) is 30.2 Å². The predicted octanol–water partition coefficient (Wildman–Crippen LogP) is 4.24. The summed E-state index contributed by atoms with van der Waals surface area (Å²) in [5.41, 5.74) is 2.13. The highest BCUT2D eigenvalue weighted by molar-refractivity contribution is 6.30. The Hall–Kier alpha value is -2.20. The molecule has 1 aliphatic rings. The molecule has 5 heteroatoms. The molecule has 2 unspecified atom stereocenters. The SMILES string of the molecule is CCNC(=O)C(C)c1ccc(OC2CCN(c3cccc(Cl)c3)C2)cc1. The summed E-state index contributed by atoms with van der Waals surface area (Å²) < 4.78 is 6.12. The van der Waals surface area contributed by atoms with Crippen molar-refractivity contribution >= 4 is 23.2 Å². The summed E-state index contributed by atoms with van der Waals surface area (Å²) in [6.45, 7) is 6.29. The number of halogens is 1. The van der Waals surface area contributed by atoms with Gasteiger partial charge in [-0.25, -0.2) is 0 Å². The van der Waals surface area contributed by atoms with Gasteiger partial charge in [-0.15, -0.1) is 0 Å². The minimum atomic E-state index is -0.159. The second-order valence-corrected chi connectivity index (χ2v) is 7.08. The van der Waals surface area contributed by atoms with Crippen LogP contribution in [0.5, 0.6) is 5.75 Å². The van der Waals surface area contributed by atoms with Crippen LogP contribution < -0.4 is 15.0 Å². The maximum Gasteiger partial charge on any atom is 0.227 e. The second kappa shape index (κ2) is 8.45. The lowest BCUT2D eigenvalue weighted by molar-refractivity contribution is -0.122. The highest BCUT2D eigenvalue weighted by atomic mass is 35.5. The van der Waals surface area contributed by atoms with E-state index in [0.717, 1.165) is 41.5 Å². The number of ether oxygens (including phenoxy) is 1. The molecule has 0 radical (unpaired) electrons. The Kier molecular flexibility index (Phi) is 6.04. The average molecular weight is 373 g/mol. The van der Waals surface area contributed by atoms with E-state index in [-0.39, 0.29) is 17.9 Å². The van der Waals surface area contributed by atoms with Gasteiger partial charge in [-0.2, -0.15) is 0 Å². The smallest absolute Gasteiger partial charge is 0.227 e. The number of benzene rings is 2. The zero-order valence-corrected chi connectivity index (χ0v) is 16.0. The minimum absolute atomic E-state index is 0.0501. The Balaban J connectivity index is 1.57. The summed E-state index contributed by atoms with van der Waals surface area (Å²) in [5.74, 6) is 0.734. The quantitative estimate of drug-likeness (QED) is 0.824. The molecule has 3 rings (SSSR count). The maximum absolute atomic E-state index is 11.9. The van der Waals surface area contributed by atoms with E-state index < -0.39 is 0 Å². The van der Waals surface area contributed by atoms with Gasteiger partial charge in [0.25, 0.3) is 0 Å². The van der Waals surface area contributed by atoms with Crippen molar-refractivity contribution in [3.63, 3.8) is 0 Å². The average Bonchev–Trinajstić information content (AvgIpc) is 3.10. The van der Waals surface area contributed by atoms with E-state index in [1.807, 2.05) is 56.3 Å². The normalized spacial score (nSPS) is 17.8. The molecule has 0 bridgehead atoms. The number of rotatable bonds is 6. The van der Waals surface area contributed by atoms with Crippen LogP contribution >= 0.6 is 11.6 Å². The summed E-state index contributed by atoms with van der Waals surface area (Å²) >= 11 is 6.09. The zero-order chi connectivity index (χ0) is 18.5. The summed E-state index contributed by atoms with van der Waals surface area (Å²) in [7, 11) is 0. The Bertz CT molecular complexity index is 748. The Labute approximate surface area is 160 Å². The number of carbonyl (C=O) groups is 1. The number of hydrogen-bond acceptors (Lipinski definition) is 3. The number of carbonyl (C=O) groups excluding carboxylic acids is 1. The van der Waals surface area contributed by atoms with Crippen LogP contribution in [0, 0.1) is 0 Å². The van der Waals surface area contributed by atoms with Gasteiger partial charge in [-0.1, -0.05) is 29.8 Å². The lowest BCUT2D eigenvalue weighted by Gasteiger charge is -2.19. The van der Waals surface area contributed by atoms with Gasteiger partial charge in [-0.3, -0.25) is 4.79 Å². The third-order valence-corrected chi connectivity index (χ3v) is 4.98. The molecule has 0 aromatic heterocycles. The number of amides is 1. The molecule has 1 heterocycles. The van der Waals surface area contributed by atoms with Crippen LogP contribution in [0.2, 0.25) is 5.02 Å². The van der Waals surface area contributed by atoms with Gasteiger partial charge in [-0.05, 0) is 49.7 Å². The molecular weight excluding hydrogens is 348 g/mol. The van der Waals surface area contributed by atoms with Gasteiger partial charge >= 0.3 is 0 Å². The molecule has 138 valence electrons. The van der Waals surface area contributed by atoms with E-state index in [4.69, 9.17) is 16.3 Å². The molecular formula is C21H25ClN2O2. The third-order valence-electron chi connectivity index (χ3n) is 4.75. The van der Waals surface area contributed by atoms with Crippen LogP contribution in [0.3, 0.4) is 0 Å². The van der Waals surface area contributed by atoms with Crippen molar-refractivity contribution in [2.45, 2.75) is 32.3 Å². The van der Waals surface area contributed by atoms with Gasteiger partial charge in [0.05, 0.1) is 12.5 Å². The topological polar surface area (TPSA) is 41.6 Å². The first kappa shape index (κ1) is 18.6. The summed E-state index contributed by atoms with van der Waals surface area (Å²) in [6, 6.07) is 15.8. The monoisotopic (exact) mass is 372 g/mol. The van der Waals surface area contributed by atoms with Crippen molar-refractivity contribution in [2.24, 2.45) is 0 Å².